The minimum absolute atomic E-state index is 0.0889. The first-order chi connectivity index (χ1) is 25.9. The Hall–Kier alpha value is -6.32. The predicted molar refractivity (Wildman–Crippen MR) is 201 cm³/mol. The normalized spacial score (nSPS) is 13.5. The molecule has 1 aliphatic rings. The van der Waals surface area contributed by atoms with Gasteiger partial charge in [0, 0.05) is 45.8 Å². The van der Waals surface area contributed by atoms with Gasteiger partial charge in [0.1, 0.15) is 5.82 Å². The monoisotopic (exact) mass is 620 g/mol. The van der Waals surface area contributed by atoms with Crippen molar-refractivity contribution in [3.8, 4) is 16.8 Å². The maximum atomic E-state index is 8.94. The lowest BCUT2D eigenvalue weighted by molar-refractivity contribution is 1.01. The van der Waals surface area contributed by atoms with Crippen LogP contribution in [-0.4, -0.2) is 4.57 Å². The van der Waals surface area contributed by atoms with Gasteiger partial charge < -0.3 is 4.90 Å². The zero-order valence-corrected chi connectivity index (χ0v) is 26.1. The van der Waals surface area contributed by atoms with Gasteiger partial charge in [0.15, 0.2) is 0 Å². The molecule has 0 saturated carbocycles. The summed E-state index contributed by atoms with van der Waals surface area (Å²) in [5.41, 5.74) is 10.2. The van der Waals surface area contributed by atoms with E-state index in [1.807, 2.05) is 72.8 Å². The van der Waals surface area contributed by atoms with Gasteiger partial charge in [0.25, 0.3) is 0 Å². The third kappa shape index (κ3) is 4.76. The van der Waals surface area contributed by atoms with Crippen molar-refractivity contribution in [3.05, 3.63) is 199 Å². The molecule has 0 unspecified atom stereocenters. The van der Waals surface area contributed by atoms with Crippen molar-refractivity contribution in [1.29, 1.82) is 0 Å². The van der Waals surface area contributed by atoms with E-state index in [2.05, 4.69) is 94.4 Å². The van der Waals surface area contributed by atoms with Crippen LogP contribution in [0.5, 0.6) is 0 Å². The van der Waals surface area contributed by atoms with Crippen LogP contribution in [-0.2, 0) is 6.42 Å². The van der Waals surface area contributed by atoms with E-state index in [1.165, 1.54) is 16.5 Å². The van der Waals surface area contributed by atoms with E-state index in [0.29, 0.717) is 11.4 Å². The van der Waals surface area contributed by atoms with Gasteiger partial charge in [-0.3, -0.25) is 9.47 Å². The van der Waals surface area contributed by atoms with Crippen LogP contribution in [0.3, 0.4) is 0 Å². The fourth-order valence-corrected chi connectivity index (χ4v) is 6.93. The largest absolute Gasteiger partial charge is 0.311 e. The van der Waals surface area contributed by atoms with Gasteiger partial charge in [0.05, 0.1) is 18.1 Å². The number of fused-ring (bicyclic) bond motifs is 4. The summed E-state index contributed by atoms with van der Waals surface area (Å²) in [5, 5.41) is 1.20. The zero-order chi connectivity index (χ0) is 36.2. The van der Waals surface area contributed by atoms with E-state index < -0.39 is 6.04 Å². The van der Waals surface area contributed by atoms with E-state index >= 15 is 0 Å². The molecule has 0 spiro atoms. The molecular weight excluding hydrogens is 583 g/mol. The Balaban J connectivity index is 1.22. The molecule has 8 aromatic rings. The fourth-order valence-electron chi connectivity index (χ4n) is 6.93. The van der Waals surface area contributed by atoms with Crippen molar-refractivity contribution in [2.24, 2.45) is 0 Å². The number of benzene rings is 7. The van der Waals surface area contributed by atoms with E-state index in [0.717, 1.165) is 45.9 Å². The third-order valence-electron chi connectivity index (χ3n) is 9.09. The highest BCUT2D eigenvalue weighted by Gasteiger charge is 2.31. The smallest absolute Gasteiger partial charge is 0.127 e. The van der Waals surface area contributed by atoms with Gasteiger partial charge in [-0.15, -0.1) is 0 Å². The molecule has 0 radical (unpaired) electrons. The minimum Gasteiger partial charge on any atom is -0.311 e. The van der Waals surface area contributed by atoms with Crippen LogP contribution < -0.4 is 9.80 Å². The first-order valence-electron chi connectivity index (χ1n) is 18.6. The lowest BCUT2D eigenvalue weighted by atomic mass is 9.96. The van der Waals surface area contributed by atoms with Crippen LogP contribution in [0.15, 0.2) is 188 Å². The number of hydrogen-bond acceptors (Lipinski definition) is 2. The van der Waals surface area contributed by atoms with Crippen LogP contribution in [0.4, 0.5) is 34.3 Å². The second kappa shape index (κ2) is 11.8. The standard InChI is InChI=1S/C45H33N3/c1-4-14-33(15-5-1)34-24-26-38(27-25-34)46(36-17-6-2-7-18-36)39-28-30-40(31-29-39)47-43-22-12-10-16-35(43)32-42-41-21-11-13-23-44(41)48(45(42)47)37-19-8-3-9-20-37/h1-31H,32H2/i2D,6D,7D,17D,18D. The summed E-state index contributed by atoms with van der Waals surface area (Å²) < 4.78 is 45.5. The van der Waals surface area contributed by atoms with Crippen LogP contribution in [0, 0.1) is 0 Å². The highest BCUT2D eigenvalue weighted by Crippen LogP contribution is 2.49. The van der Waals surface area contributed by atoms with Gasteiger partial charge in [-0.2, -0.15) is 0 Å². The van der Waals surface area contributed by atoms with Gasteiger partial charge in [-0.1, -0.05) is 115 Å². The van der Waals surface area contributed by atoms with E-state index in [-0.39, 0.29) is 29.9 Å². The fraction of sp³-hybridized carbons (Fsp3) is 0.0222. The Morgan fingerprint density at radius 1 is 0.500 bits per heavy atom. The van der Waals surface area contributed by atoms with Crippen LogP contribution in [0.2, 0.25) is 0 Å². The Morgan fingerprint density at radius 3 is 1.85 bits per heavy atom. The predicted octanol–water partition coefficient (Wildman–Crippen LogP) is 12.1. The van der Waals surface area contributed by atoms with E-state index in [9.17, 15) is 0 Å². The van der Waals surface area contributed by atoms with E-state index in [4.69, 9.17) is 6.85 Å². The molecule has 1 aliphatic heterocycles. The number of aromatic nitrogens is 1. The van der Waals surface area contributed by atoms with Crippen LogP contribution in [0.1, 0.15) is 18.0 Å². The first kappa shape index (κ1) is 23.1. The quantitative estimate of drug-likeness (QED) is 0.183. The number of hydrogen-bond donors (Lipinski definition) is 0. The molecule has 0 amide bonds. The van der Waals surface area contributed by atoms with Crippen molar-refractivity contribution in [3.63, 3.8) is 0 Å². The van der Waals surface area contributed by atoms with Gasteiger partial charge in [-0.25, -0.2) is 0 Å². The van der Waals surface area contributed by atoms with Crippen LogP contribution in [0.25, 0.3) is 27.7 Å². The number of rotatable bonds is 6. The van der Waals surface area contributed by atoms with Crippen molar-refractivity contribution >= 4 is 45.2 Å². The molecule has 1 aromatic heterocycles. The minimum atomic E-state index is -0.424. The Labute approximate surface area is 288 Å². The Bertz CT molecular complexity index is 2610. The molecular formula is C45H33N3. The molecule has 0 atom stereocenters. The van der Waals surface area contributed by atoms with Crippen molar-refractivity contribution < 1.29 is 6.85 Å². The highest BCUT2D eigenvalue weighted by molar-refractivity contribution is 5.98. The number of para-hydroxylation sites is 4. The second-order valence-electron chi connectivity index (χ2n) is 11.9. The number of nitrogens with zero attached hydrogens (tertiary/aromatic N) is 3. The summed E-state index contributed by atoms with van der Waals surface area (Å²) >= 11 is 0. The second-order valence-corrected chi connectivity index (χ2v) is 11.9. The molecule has 0 bridgehead atoms. The summed E-state index contributed by atoms with van der Waals surface area (Å²) in [6.07, 6.45) is 0.794. The molecule has 48 heavy (non-hydrogen) atoms. The first-order valence-corrected chi connectivity index (χ1v) is 16.1. The molecule has 3 heteroatoms. The summed E-state index contributed by atoms with van der Waals surface area (Å²) in [6.45, 7) is 0. The topological polar surface area (TPSA) is 11.4 Å². The SMILES string of the molecule is [2H]c1c([2H])c([2H])c(N(c2ccc(-c3ccccc3)cc2)c2ccc(N3c4ccccc4Cc4c3n(-c3ccccc3)c3ccccc43)cc2)c([2H])c1[2H]. The molecule has 0 fully saturated rings. The maximum absolute atomic E-state index is 8.94. The van der Waals surface area contributed by atoms with Crippen molar-refractivity contribution in [2.75, 3.05) is 9.80 Å². The summed E-state index contributed by atoms with van der Waals surface area (Å²) in [5.74, 6) is 1.07. The molecule has 228 valence electrons. The molecule has 0 aliphatic carbocycles. The maximum Gasteiger partial charge on any atom is 0.127 e. The van der Waals surface area contributed by atoms with Gasteiger partial charge in [0.2, 0.25) is 0 Å². The summed E-state index contributed by atoms with van der Waals surface area (Å²) in [7, 11) is 0. The number of anilines is 6. The van der Waals surface area contributed by atoms with Gasteiger partial charge >= 0.3 is 0 Å². The lowest BCUT2D eigenvalue weighted by Gasteiger charge is -2.34. The average molecular weight is 621 g/mol. The lowest BCUT2D eigenvalue weighted by Crippen LogP contribution is -2.21. The highest BCUT2D eigenvalue weighted by atomic mass is 15.3. The molecule has 3 nitrogen and oxygen atoms in total. The zero-order valence-electron chi connectivity index (χ0n) is 31.1. The molecule has 0 saturated heterocycles. The van der Waals surface area contributed by atoms with Crippen molar-refractivity contribution in [1.82, 2.24) is 4.57 Å². The van der Waals surface area contributed by atoms with Crippen molar-refractivity contribution in [2.45, 2.75) is 6.42 Å². The molecule has 2 heterocycles. The third-order valence-corrected chi connectivity index (χ3v) is 9.09. The van der Waals surface area contributed by atoms with Gasteiger partial charge in [-0.05, 0) is 89.4 Å². The molecule has 9 rings (SSSR count). The summed E-state index contributed by atoms with van der Waals surface area (Å²) in [6, 6.07) is 51.7. The Kier molecular flexibility index (Phi) is 5.67. The van der Waals surface area contributed by atoms with Crippen LogP contribution >= 0.6 is 0 Å². The van der Waals surface area contributed by atoms with E-state index in [1.54, 1.807) is 4.90 Å². The Morgan fingerprint density at radius 2 is 1.10 bits per heavy atom. The summed E-state index contributed by atoms with van der Waals surface area (Å²) in [4.78, 5) is 4.07. The average Bonchev–Trinajstić information content (AvgIpc) is 3.54. The molecule has 7 aromatic carbocycles. The molecule has 0 N–H and O–H groups in total.